The van der Waals surface area contributed by atoms with E-state index in [4.69, 9.17) is 14.4 Å². The zero-order valence-electron chi connectivity index (χ0n) is 31.3. The normalized spacial score (nSPS) is 14.4. The minimum absolute atomic E-state index is 0.343. The zero-order valence-corrected chi connectivity index (χ0v) is 31.3. The molecule has 3 heterocycles. The maximum atomic E-state index is 6.95. The lowest BCUT2D eigenvalue weighted by Gasteiger charge is -2.24. The Bertz CT molecular complexity index is 3480. The fraction of sp³-hybridized carbons (Fsp3) is 0.0189. The monoisotopic (exact) mass is 742 g/mol. The lowest BCUT2D eigenvalue weighted by atomic mass is 10.0. The van der Waals surface area contributed by atoms with Gasteiger partial charge in [-0.3, -0.25) is 0 Å². The Kier molecular flexibility index (Phi) is 7.23. The van der Waals surface area contributed by atoms with Crippen LogP contribution in [0.1, 0.15) is 22.9 Å². The first-order valence-corrected chi connectivity index (χ1v) is 19.7. The minimum atomic E-state index is -0.343. The molecule has 2 aromatic heterocycles. The number of nitrogens with zero attached hydrogens (tertiary/aromatic N) is 3. The molecule has 1 atom stereocenters. The lowest BCUT2D eigenvalue weighted by molar-refractivity contribution is 0.666. The quantitative estimate of drug-likeness (QED) is 0.191. The van der Waals surface area contributed by atoms with E-state index in [0.717, 1.165) is 61.2 Å². The van der Waals surface area contributed by atoms with Crippen molar-refractivity contribution in [2.24, 2.45) is 9.98 Å². The summed E-state index contributed by atoms with van der Waals surface area (Å²) in [5, 5.41) is 12.9. The van der Waals surface area contributed by atoms with Crippen molar-refractivity contribution in [1.29, 1.82) is 0 Å². The van der Waals surface area contributed by atoms with E-state index in [1.54, 1.807) is 0 Å². The van der Waals surface area contributed by atoms with Crippen LogP contribution in [0.5, 0.6) is 0 Å². The van der Waals surface area contributed by atoms with Gasteiger partial charge in [-0.25, -0.2) is 9.98 Å². The van der Waals surface area contributed by atoms with Crippen LogP contribution >= 0.6 is 0 Å². The molecule has 5 heteroatoms. The average molecular weight is 743 g/mol. The molecular formula is C53H34N4O. The van der Waals surface area contributed by atoms with E-state index in [2.05, 4.69) is 180 Å². The Morgan fingerprint density at radius 3 is 2.05 bits per heavy atom. The molecule has 0 saturated carbocycles. The van der Waals surface area contributed by atoms with Crippen LogP contribution in [0.3, 0.4) is 0 Å². The van der Waals surface area contributed by atoms with Crippen molar-refractivity contribution in [1.82, 2.24) is 9.88 Å². The van der Waals surface area contributed by atoms with Gasteiger partial charge >= 0.3 is 0 Å². The van der Waals surface area contributed by atoms with Crippen LogP contribution in [0.4, 0.5) is 0 Å². The number of fused-ring (bicyclic) bond motifs is 9. The third kappa shape index (κ3) is 5.10. The predicted octanol–water partition coefficient (Wildman–Crippen LogP) is 13.2. The highest BCUT2D eigenvalue weighted by molar-refractivity contribution is 6.24. The van der Waals surface area contributed by atoms with Crippen LogP contribution in [0.25, 0.3) is 82.1 Å². The number of rotatable bonds is 5. The van der Waals surface area contributed by atoms with Crippen LogP contribution in [0.2, 0.25) is 0 Å². The Morgan fingerprint density at radius 1 is 0.483 bits per heavy atom. The summed E-state index contributed by atoms with van der Waals surface area (Å²) in [7, 11) is 0. The van der Waals surface area contributed by atoms with Crippen LogP contribution in [0, 0.1) is 0 Å². The number of furan rings is 1. The molecule has 0 saturated heterocycles. The zero-order chi connectivity index (χ0) is 38.2. The molecule has 0 spiro atoms. The van der Waals surface area contributed by atoms with E-state index in [0.29, 0.717) is 5.84 Å². The minimum Gasteiger partial charge on any atom is -0.454 e. The Labute approximate surface area is 333 Å². The van der Waals surface area contributed by atoms with Crippen molar-refractivity contribution in [2.45, 2.75) is 6.17 Å². The topological polar surface area (TPSA) is 54.8 Å². The number of aromatic nitrogens is 1. The van der Waals surface area contributed by atoms with E-state index >= 15 is 0 Å². The van der Waals surface area contributed by atoms with Gasteiger partial charge in [0.2, 0.25) is 0 Å². The van der Waals surface area contributed by atoms with Gasteiger partial charge in [0.1, 0.15) is 17.6 Å². The maximum absolute atomic E-state index is 6.95. The Balaban J connectivity index is 1.08. The fourth-order valence-electron chi connectivity index (χ4n) is 8.92. The summed E-state index contributed by atoms with van der Waals surface area (Å²) in [5.74, 6) is 1.44. The smallest absolute Gasteiger partial charge is 0.160 e. The summed E-state index contributed by atoms with van der Waals surface area (Å²) in [6.45, 7) is 0. The number of para-hydroxylation sites is 1. The van der Waals surface area contributed by atoms with Crippen molar-refractivity contribution in [3.63, 3.8) is 0 Å². The molecule has 58 heavy (non-hydrogen) atoms. The van der Waals surface area contributed by atoms with Crippen LogP contribution < -0.4 is 5.32 Å². The average Bonchev–Trinajstić information content (AvgIpc) is 3.85. The molecule has 1 aliphatic rings. The van der Waals surface area contributed by atoms with Crippen molar-refractivity contribution < 1.29 is 4.42 Å². The van der Waals surface area contributed by atoms with Gasteiger partial charge < -0.3 is 14.3 Å². The van der Waals surface area contributed by atoms with E-state index < -0.39 is 0 Å². The SMILES string of the molecule is c1ccc(C2=NC(c3cccc4oc5c(-n6c7ccc(-c8ccccc8)cc7c7c8ccccc8ccc76)cccc5c34)=NC(c3ccc4ccccc4c3)N2)cc1. The van der Waals surface area contributed by atoms with Gasteiger partial charge in [0.15, 0.2) is 11.4 Å². The van der Waals surface area contributed by atoms with E-state index in [9.17, 15) is 0 Å². The molecule has 0 bridgehead atoms. The van der Waals surface area contributed by atoms with E-state index in [1.165, 1.54) is 43.4 Å². The molecule has 1 aliphatic heterocycles. The van der Waals surface area contributed by atoms with Gasteiger partial charge in [-0.2, -0.15) is 0 Å². The highest BCUT2D eigenvalue weighted by Crippen LogP contribution is 2.42. The highest BCUT2D eigenvalue weighted by Gasteiger charge is 2.25. The third-order valence-electron chi connectivity index (χ3n) is 11.6. The number of aliphatic imine (C=N–C) groups is 2. The van der Waals surface area contributed by atoms with E-state index in [1.807, 2.05) is 24.3 Å². The number of benzene rings is 9. The number of hydrogen-bond acceptors (Lipinski definition) is 4. The molecule has 0 amide bonds. The van der Waals surface area contributed by atoms with Gasteiger partial charge in [0.05, 0.1) is 16.7 Å². The Hall–Kier alpha value is -7.76. The van der Waals surface area contributed by atoms with Gasteiger partial charge in [0.25, 0.3) is 0 Å². The largest absolute Gasteiger partial charge is 0.454 e. The first-order valence-electron chi connectivity index (χ1n) is 19.7. The van der Waals surface area contributed by atoms with Crippen molar-refractivity contribution in [3.8, 4) is 16.8 Å². The summed E-state index contributed by atoms with van der Waals surface area (Å²) in [6.07, 6.45) is -0.343. The van der Waals surface area contributed by atoms with Crippen LogP contribution in [-0.2, 0) is 0 Å². The summed E-state index contributed by atoms with van der Waals surface area (Å²) in [4.78, 5) is 10.6. The highest BCUT2D eigenvalue weighted by atomic mass is 16.3. The standard InChI is InChI=1S/C53H34N4O/c1-3-13-33(14-4-1)38-28-29-44-43(32-38)48-40-20-10-9-16-35(40)27-30-45(48)57(44)46-23-11-21-41-49-42(22-12-24-47(49)58-50(41)46)53-55-51(36-17-5-2-6-18-36)54-52(56-53)39-26-25-34-15-7-8-19-37(34)31-39/h1-32,52H,(H,54,55,56). The first kappa shape index (κ1) is 32.5. The van der Waals surface area contributed by atoms with Gasteiger partial charge in [-0.1, -0.05) is 158 Å². The van der Waals surface area contributed by atoms with E-state index in [-0.39, 0.29) is 6.17 Å². The molecule has 0 radical (unpaired) electrons. The third-order valence-corrected chi connectivity index (χ3v) is 11.6. The number of hydrogen-bond donors (Lipinski definition) is 1. The summed E-state index contributed by atoms with van der Waals surface area (Å²) >= 11 is 0. The molecule has 12 rings (SSSR count). The maximum Gasteiger partial charge on any atom is 0.160 e. The summed E-state index contributed by atoms with van der Waals surface area (Å²) in [5.41, 5.74) is 10.2. The van der Waals surface area contributed by atoms with Crippen LogP contribution in [0.15, 0.2) is 209 Å². The molecule has 11 aromatic rings. The molecule has 0 fully saturated rings. The van der Waals surface area contributed by atoms with Gasteiger partial charge in [0, 0.05) is 32.7 Å². The molecular weight excluding hydrogens is 709 g/mol. The molecule has 9 aromatic carbocycles. The summed E-state index contributed by atoms with van der Waals surface area (Å²) in [6, 6.07) is 68.6. The Morgan fingerprint density at radius 2 is 1.19 bits per heavy atom. The molecule has 1 N–H and O–H groups in total. The number of amidine groups is 2. The molecule has 1 unspecified atom stereocenters. The van der Waals surface area contributed by atoms with Crippen LogP contribution in [-0.4, -0.2) is 16.2 Å². The van der Waals surface area contributed by atoms with Crippen molar-refractivity contribution in [2.75, 3.05) is 0 Å². The van der Waals surface area contributed by atoms with Crippen molar-refractivity contribution in [3.05, 3.63) is 211 Å². The van der Waals surface area contributed by atoms with Gasteiger partial charge in [-0.15, -0.1) is 0 Å². The predicted molar refractivity (Wildman–Crippen MR) is 240 cm³/mol. The first-order chi connectivity index (χ1) is 28.7. The lowest BCUT2D eigenvalue weighted by Crippen LogP contribution is -2.33. The fourth-order valence-corrected chi connectivity index (χ4v) is 8.92. The van der Waals surface area contributed by atoms with Gasteiger partial charge in [-0.05, 0) is 74.6 Å². The molecule has 272 valence electrons. The number of nitrogens with one attached hydrogen (secondary N) is 1. The second-order valence-corrected chi connectivity index (χ2v) is 15.0. The second kappa shape index (κ2) is 12.9. The molecule has 5 nitrogen and oxygen atoms in total. The second-order valence-electron chi connectivity index (χ2n) is 15.0. The van der Waals surface area contributed by atoms with Crippen molar-refractivity contribution >= 4 is 77.0 Å². The molecule has 0 aliphatic carbocycles. The summed E-state index contributed by atoms with van der Waals surface area (Å²) < 4.78 is 9.32.